The molecule has 0 bridgehead atoms. The Balaban J connectivity index is 2.10. The molecule has 1 heteroatoms. The van der Waals surface area contributed by atoms with Crippen LogP contribution in [0.4, 0.5) is 0 Å². The van der Waals surface area contributed by atoms with Crippen molar-refractivity contribution in [3.63, 3.8) is 0 Å². The summed E-state index contributed by atoms with van der Waals surface area (Å²) in [6.07, 6.45) is 6.18. The van der Waals surface area contributed by atoms with Crippen LogP contribution in [0.25, 0.3) is 11.6 Å². The summed E-state index contributed by atoms with van der Waals surface area (Å²) in [5.74, 6) is 0.179. The van der Waals surface area contributed by atoms with Crippen LogP contribution < -0.4 is 0 Å². The minimum Gasteiger partial charge on any atom is -0.289 e. The highest BCUT2D eigenvalue weighted by atomic mass is 16.1. The van der Waals surface area contributed by atoms with Gasteiger partial charge in [-0.25, -0.2) is 0 Å². The predicted molar refractivity (Wildman–Crippen MR) is 93.6 cm³/mol. The van der Waals surface area contributed by atoms with E-state index in [4.69, 9.17) is 0 Å². The number of Topliss-reactive ketones (excluding diaryl/α,β-unsaturated/α-hetero) is 1. The number of ketones is 1. The monoisotopic (exact) mass is 292 g/mol. The molecule has 22 heavy (non-hydrogen) atoms. The summed E-state index contributed by atoms with van der Waals surface area (Å²) in [5, 5.41) is 0. The molecule has 0 spiro atoms. The summed E-state index contributed by atoms with van der Waals surface area (Å²) >= 11 is 0. The number of rotatable bonds is 0. The van der Waals surface area contributed by atoms with Gasteiger partial charge in [-0.2, -0.15) is 0 Å². The van der Waals surface area contributed by atoms with Gasteiger partial charge in [-0.1, -0.05) is 71.9 Å². The van der Waals surface area contributed by atoms with Crippen molar-refractivity contribution in [2.45, 2.75) is 47.0 Å². The molecule has 114 valence electrons. The van der Waals surface area contributed by atoms with E-state index < -0.39 is 0 Å². The van der Waals surface area contributed by atoms with E-state index in [0.717, 1.165) is 16.7 Å². The van der Waals surface area contributed by atoms with Crippen LogP contribution in [0.2, 0.25) is 0 Å². The smallest absolute Gasteiger partial charge is 0.190 e. The summed E-state index contributed by atoms with van der Waals surface area (Å²) in [7, 11) is 0. The molecule has 0 radical (unpaired) electrons. The molecule has 2 aliphatic rings. The Morgan fingerprint density at radius 3 is 2.09 bits per heavy atom. The Labute approximate surface area is 133 Å². The number of hydrogen-bond donors (Lipinski definition) is 0. The second-order valence-corrected chi connectivity index (χ2v) is 8.35. The molecule has 2 aliphatic carbocycles. The average molecular weight is 292 g/mol. The molecule has 0 fully saturated rings. The van der Waals surface area contributed by atoms with Crippen LogP contribution in [0, 0.1) is 5.41 Å². The molecule has 0 heterocycles. The number of benzene rings is 1. The summed E-state index contributed by atoms with van der Waals surface area (Å²) in [6.45, 7) is 12.9. The van der Waals surface area contributed by atoms with Gasteiger partial charge in [0, 0.05) is 11.1 Å². The lowest BCUT2D eigenvalue weighted by molar-refractivity contribution is -0.112. The molecule has 0 saturated heterocycles. The number of fused-ring (bicyclic) bond motifs is 3. The van der Waals surface area contributed by atoms with Crippen LogP contribution in [-0.2, 0) is 10.2 Å². The minimum atomic E-state index is -0.120. The van der Waals surface area contributed by atoms with Gasteiger partial charge in [-0.05, 0) is 39.2 Å². The van der Waals surface area contributed by atoms with Crippen LogP contribution in [-0.4, -0.2) is 5.78 Å². The van der Waals surface area contributed by atoms with Crippen LogP contribution in [0.5, 0.6) is 0 Å². The van der Waals surface area contributed by atoms with E-state index in [1.807, 2.05) is 6.08 Å². The van der Waals surface area contributed by atoms with Crippen molar-refractivity contribution in [3.8, 4) is 0 Å². The lowest BCUT2D eigenvalue weighted by Crippen LogP contribution is -2.21. The van der Waals surface area contributed by atoms with Gasteiger partial charge in [-0.3, -0.25) is 4.79 Å². The SMILES string of the molecule is CC(C)(C)C1=CC=C2C(=Cc3cc(C(C)(C)C)ccc32)C1=O. The fraction of sp³-hybridized carbons (Fsp3) is 0.381. The zero-order valence-electron chi connectivity index (χ0n) is 14.4. The Morgan fingerprint density at radius 2 is 1.50 bits per heavy atom. The number of allylic oxidation sites excluding steroid dienone is 5. The quantitative estimate of drug-likeness (QED) is 0.632. The first kappa shape index (κ1) is 15.0. The largest absolute Gasteiger partial charge is 0.289 e. The highest BCUT2D eigenvalue weighted by molar-refractivity contribution is 6.26. The molecule has 0 saturated carbocycles. The van der Waals surface area contributed by atoms with E-state index in [0.29, 0.717) is 0 Å². The van der Waals surface area contributed by atoms with E-state index >= 15 is 0 Å². The van der Waals surface area contributed by atoms with E-state index in [1.54, 1.807) is 0 Å². The molecule has 0 aromatic heterocycles. The van der Waals surface area contributed by atoms with Crippen molar-refractivity contribution < 1.29 is 4.79 Å². The summed E-state index contributed by atoms with van der Waals surface area (Å²) in [6, 6.07) is 6.57. The summed E-state index contributed by atoms with van der Waals surface area (Å²) < 4.78 is 0. The topological polar surface area (TPSA) is 17.1 Å². The van der Waals surface area contributed by atoms with E-state index in [1.165, 1.54) is 16.7 Å². The molecular weight excluding hydrogens is 268 g/mol. The fourth-order valence-electron chi connectivity index (χ4n) is 3.12. The van der Waals surface area contributed by atoms with Crippen molar-refractivity contribution in [2.75, 3.05) is 0 Å². The molecule has 0 amide bonds. The molecule has 1 nitrogen and oxygen atoms in total. The van der Waals surface area contributed by atoms with Gasteiger partial charge >= 0.3 is 0 Å². The number of carbonyl (C=O) groups is 1. The van der Waals surface area contributed by atoms with Crippen LogP contribution in [0.3, 0.4) is 0 Å². The zero-order chi connectivity index (χ0) is 16.3. The molecule has 3 rings (SSSR count). The maximum absolute atomic E-state index is 12.8. The van der Waals surface area contributed by atoms with Crippen molar-refractivity contribution in [1.82, 2.24) is 0 Å². The Hall–Kier alpha value is -1.89. The molecule has 1 aromatic carbocycles. The van der Waals surface area contributed by atoms with Crippen molar-refractivity contribution in [3.05, 3.63) is 58.2 Å². The summed E-state index contributed by atoms with van der Waals surface area (Å²) in [5.41, 5.74) is 6.48. The van der Waals surface area contributed by atoms with Gasteiger partial charge in [0.2, 0.25) is 0 Å². The normalized spacial score (nSPS) is 17.5. The molecule has 0 atom stereocenters. The molecule has 0 N–H and O–H groups in total. The Kier molecular flexibility index (Phi) is 3.11. The van der Waals surface area contributed by atoms with Gasteiger partial charge in [-0.15, -0.1) is 0 Å². The van der Waals surface area contributed by atoms with Crippen LogP contribution in [0.1, 0.15) is 58.2 Å². The van der Waals surface area contributed by atoms with Crippen molar-refractivity contribution in [2.24, 2.45) is 5.41 Å². The van der Waals surface area contributed by atoms with E-state index in [9.17, 15) is 4.79 Å². The molecule has 0 unspecified atom stereocenters. The third-order valence-electron chi connectivity index (χ3n) is 4.51. The molecular formula is C21H24O. The highest BCUT2D eigenvalue weighted by Gasteiger charge is 2.33. The van der Waals surface area contributed by atoms with Gasteiger partial charge in [0.05, 0.1) is 0 Å². The highest BCUT2D eigenvalue weighted by Crippen LogP contribution is 2.43. The van der Waals surface area contributed by atoms with Crippen LogP contribution >= 0.6 is 0 Å². The van der Waals surface area contributed by atoms with Gasteiger partial charge < -0.3 is 0 Å². The maximum Gasteiger partial charge on any atom is 0.190 e. The third-order valence-corrected chi connectivity index (χ3v) is 4.51. The lowest BCUT2D eigenvalue weighted by Gasteiger charge is -2.25. The van der Waals surface area contributed by atoms with Gasteiger partial charge in [0.1, 0.15) is 0 Å². The fourth-order valence-corrected chi connectivity index (χ4v) is 3.12. The van der Waals surface area contributed by atoms with Crippen molar-refractivity contribution >= 4 is 17.4 Å². The average Bonchev–Trinajstić information content (AvgIpc) is 2.75. The first-order chi connectivity index (χ1) is 10.1. The van der Waals surface area contributed by atoms with Crippen LogP contribution in [0.15, 0.2) is 41.5 Å². The number of hydrogen-bond acceptors (Lipinski definition) is 1. The number of carbonyl (C=O) groups excluding carboxylic acids is 1. The maximum atomic E-state index is 12.8. The van der Waals surface area contributed by atoms with Gasteiger partial charge in [0.25, 0.3) is 0 Å². The van der Waals surface area contributed by atoms with E-state index in [2.05, 4.69) is 71.9 Å². The second kappa shape index (κ2) is 4.55. The Morgan fingerprint density at radius 1 is 0.818 bits per heavy atom. The Bertz CT molecular complexity index is 756. The minimum absolute atomic E-state index is 0.120. The van der Waals surface area contributed by atoms with E-state index in [-0.39, 0.29) is 16.6 Å². The molecule has 1 aromatic rings. The van der Waals surface area contributed by atoms with Crippen molar-refractivity contribution in [1.29, 1.82) is 0 Å². The van der Waals surface area contributed by atoms with Gasteiger partial charge in [0.15, 0.2) is 5.78 Å². The lowest BCUT2D eigenvalue weighted by atomic mass is 9.78. The third kappa shape index (κ3) is 2.29. The summed E-state index contributed by atoms with van der Waals surface area (Å²) in [4.78, 5) is 12.8. The predicted octanol–water partition coefficient (Wildman–Crippen LogP) is 5.32. The molecule has 0 aliphatic heterocycles. The zero-order valence-corrected chi connectivity index (χ0v) is 14.4. The standard InChI is InChI=1S/C21H24O/c1-20(2,3)14-7-8-15-13(11-14)12-17-16(15)9-10-18(19(17)22)21(4,5)6/h7-12H,1-6H3. The first-order valence-corrected chi connectivity index (χ1v) is 7.93. The second-order valence-electron chi connectivity index (χ2n) is 8.35. The first-order valence-electron chi connectivity index (χ1n) is 7.93.